The fourth-order valence-electron chi connectivity index (χ4n) is 3.87. The maximum atomic E-state index is 13.0. The molecule has 2 N–H and O–H groups in total. The van der Waals surface area contributed by atoms with E-state index in [9.17, 15) is 14.4 Å². The molecule has 0 fully saturated rings. The third kappa shape index (κ3) is 4.33. The molecule has 2 aromatic heterocycles. The van der Waals surface area contributed by atoms with Crippen LogP contribution in [0.25, 0.3) is 16.9 Å². The van der Waals surface area contributed by atoms with Crippen LogP contribution in [0.15, 0.2) is 76.4 Å². The molecule has 34 heavy (non-hydrogen) atoms. The third-order valence-electron chi connectivity index (χ3n) is 5.70. The van der Waals surface area contributed by atoms with E-state index in [2.05, 4.69) is 0 Å². The molecular formula is C25H26N6O3. The van der Waals surface area contributed by atoms with Crippen LogP contribution in [-0.2, 0) is 20.6 Å². The van der Waals surface area contributed by atoms with Crippen molar-refractivity contribution in [2.75, 3.05) is 19.3 Å². The van der Waals surface area contributed by atoms with Crippen LogP contribution in [0.4, 0.5) is 5.82 Å². The third-order valence-corrected chi connectivity index (χ3v) is 5.70. The average Bonchev–Trinajstić information content (AvgIpc) is 3.26. The number of likely N-dealkylation sites (N-methyl/N-ethyl adjacent to an activating group) is 1. The van der Waals surface area contributed by atoms with Gasteiger partial charge in [0.1, 0.15) is 11.4 Å². The highest BCUT2D eigenvalue weighted by Crippen LogP contribution is 2.24. The van der Waals surface area contributed by atoms with Crippen LogP contribution in [0, 0.1) is 0 Å². The summed E-state index contributed by atoms with van der Waals surface area (Å²) in [5.74, 6) is -0.582. The van der Waals surface area contributed by atoms with Gasteiger partial charge in [-0.25, -0.2) is 9.48 Å². The number of Topliss-reactive ketones (excluding diaryl/α,β-unsaturated/α-hetero) is 1. The lowest BCUT2D eigenvalue weighted by Gasteiger charge is -2.17. The van der Waals surface area contributed by atoms with Gasteiger partial charge >= 0.3 is 5.69 Å². The first-order chi connectivity index (χ1) is 16.3. The summed E-state index contributed by atoms with van der Waals surface area (Å²) in [5.41, 5.74) is 8.11. The summed E-state index contributed by atoms with van der Waals surface area (Å²) in [4.78, 5) is 39.4. The minimum Gasteiger partial charge on any atom is -0.384 e. The second-order valence-corrected chi connectivity index (χ2v) is 8.21. The van der Waals surface area contributed by atoms with Gasteiger partial charge in [0.25, 0.3) is 5.56 Å². The number of nitrogen functional groups attached to an aromatic ring is 1. The van der Waals surface area contributed by atoms with E-state index < -0.39 is 17.0 Å². The van der Waals surface area contributed by atoms with Gasteiger partial charge in [0.05, 0.1) is 17.9 Å². The molecule has 0 aliphatic carbocycles. The summed E-state index contributed by atoms with van der Waals surface area (Å²) in [6.45, 7) is 0.358. The summed E-state index contributed by atoms with van der Waals surface area (Å²) in [5, 5.41) is 4.80. The molecule has 0 aliphatic rings. The molecule has 0 saturated heterocycles. The van der Waals surface area contributed by atoms with Gasteiger partial charge in [-0.3, -0.25) is 23.6 Å². The summed E-state index contributed by atoms with van der Waals surface area (Å²) >= 11 is 0. The highest BCUT2D eigenvalue weighted by molar-refractivity contribution is 6.01. The van der Waals surface area contributed by atoms with E-state index in [0.29, 0.717) is 6.54 Å². The molecule has 9 nitrogen and oxygen atoms in total. The van der Waals surface area contributed by atoms with Crippen LogP contribution in [0.3, 0.4) is 0 Å². The van der Waals surface area contributed by atoms with Gasteiger partial charge in [-0.1, -0.05) is 48.5 Å². The number of ketones is 1. The minimum atomic E-state index is -0.694. The Morgan fingerprint density at radius 2 is 1.59 bits per heavy atom. The molecular weight excluding hydrogens is 432 g/mol. The van der Waals surface area contributed by atoms with E-state index in [1.165, 1.54) is 14.1 Å². The number of nitrogens with two attached hydrogens (primary N) is 1. The number of hydrogen-bond acceptors (Lipinski definition) is 6. The Labute approximate surface area is 196 Å². The molecule has 174 valence electrons. The maximum Gasteiger partial charge on any atom is 0.332 e. The maximum absolute atomic E-state index is 13.0. The van der Waals surface area contributed by atoms with Crippen molar-refractivity contribution in [1.82, 2.24) is 23.8 Å². The smallest absolute Gasteiger partial charge is 0.332 e. The van der Waals surface area contributed by atoms with Gasteiger partial charge in [-0.2, -0.15) is 5.10 Å². The summed E-state index contributed by atoms with van der Waals surface area (Å²) in [6, 6.07) is 19.6. The van der Waals surface area contributed by atoms with E-state index in [1.54, 1.807) is 11.9 Å². The second-order valence-electron chi connectivity index (χ2n) is 8.21. The van der Waals surface area contributed by atoms with Gasteiger partial charge in [0, 0.05) is 38.0 Å². The van der Waals surface area contributed by atoms with E-state index in [-0.39, 0.29) is 17.9 Å². The molecule has 0 atom stereocenters. The molecule has 0 saturated carbocycles. The summed E-state index contributed by atoms with van der Waals surface area (Å²) < 4.78 is 3.81. The highest BCUT2D eigenvalue weighted by Gasteiger charge is 2.22. The van der Waals surface area contributed by atoms with Crippen molar-refractivity contribution < 1.29 is 4.79 Å². The quantitative estimate of drug-likeness (QED) is 0.424. The van der Waals surface area contributed by atoms with Crippen LogP contribution >= 0.6 is 0 Å². The van der Waals surface area contributed by atoms with E-state index in [1.807, 2.05) is 71.5 Å². The Balaban J connectivity index is 1.64. The Kier molecular flexibility index (Phi) is 6.29. The Morgan fingerprint density at radius 1 is 0.971 bits per heavy atom. The number of rotatable bonds is 7. The number of carbonyl (C=O) groups excluding carboxylic acids is 1. The van der Waals surface area contributed by atoms with Crippen LogP contribution < -0.4 is 17.0 Å². The Morgan fingerprint density at radius 3 is 2.24 bits per heavy atom. The van der Waals surface area contributed by atoms with Crippen molar-refractivity contribution in [3.63, 3.8) is 0 Å². The Hall–Kier alpha value is -4.24. The van der Waals surface area contributed by atoms with Gasteiger partial charge in [0.15, 0.2) is 5.78 Å². The molecule has 2 heterocycles. The Bertz CT molecular complexity index is 1450. The molecule has 0 aliphatic heterocycles. The van der Waals surface area contributed by atoms with Gasteiger partial charge in [0.2, 0.25) is 0 Å². The molecule has 4 aromatic rings. The number of benzene rings is 2. The lowest BCUT2D eigenvalue weighted by Crippen LogP contribution is -2.43. The molecule has 2 aromatic carbocycles. The van der Waals surface area contributed by atoms with Crippen molar-refractivity contribution in [1.29, 1.82) is 0 Å². The number of hydrogen-bond donors (Lipinski definition) is 1. The monoisotopic (exact) mass is 458 g/mol. The zero-order valence-corrected chi connectivity index (χ0v) is 19.3. The molecule has 0 amide bonds. The van der Waals surface area contributed by atoms with Crippen LogP contribution in [-0.4, -0.2) is 43.2 Å². The van der Waals surface area contributed by atoms with Crippen LogP contribution in [0.1, 0.15) is 15.9 Å². The first-order valence-electron chi connectivity index (χ1n) is 10.7. The molecule has 0 bridgehead atoms. The predicted molar refractivity (Wildman–Crippen MR) is 131 cm³/mol. The average molecular weight is 459 g/mol. The molecule has 9 heteroatoms. The topological polar surface area (TPSA) is 108 Å². The van der Waals surface area contributed by atoms with Gasteiger partial charge in [-0.15, -0.1) is 0 Å². The lowest BCUT2D eigenvalue weighted by atomic mass is 10.1. The molecule has 4 rings (SSSR count). The standard InChI is InChI=1S/C25H26N6O3/c1-28(16-20(32)21-23(26)29(2)25(34)30(3)24(21)33)14-18-15-31(19-12-8-5-9-13-19)27-22(18)17-10-6-4-7-11-17/h4-13,15H,14,16,26H2,1-3H3. The zero-order valence-electron chi connectivity index (χ0n) is 19.3. The summed E-state index contributed by atoms with van der Waals surface area (Å²) in [7, 11) is 4.55. The molecule has 0 unspecified atom stereocenters. The van der Waals surface area contributed by atoms with Crippen LogP contribution in [0.2, 0.25) is 0 Å². The van der Waals surface area contributed by atoms with Crippen molar-refractivity contribution in [2.24, 2.45) is 14.1 Å². The number of anilines is 1. The van der Waals surface area contributed by atoms with Gasteiger partial charge < -0.3 is 5.73 Å². The van der Waals surface area contributed by atoms with E-state index >= 15 is 0 Å². The first-order valence-corrected chi connectivity index (χ1v) is 10.7. The number of para-hydroxylation sites is 1. The number of aromatic nitrogens is 4. The lowest BCUT2D eigenvalue weighted by molar-refractivity contribution is 0.0941. The largest absolute Gasteiger partial charge is 0.384 e. The van der Waals surface area contributed by atoms with E-state index in [4.69, 9.17) is 10.8 Å². The second kappa shape index (κ2) is 9.32. The fraction of sp³-hybridized carbons (Fsp3) is 0.200. The highest BCUT2D eigenvalue weighted by atomic mass is 16.2. The zero-order chi connectivity index (χ0) is 24.4. The normalized spacial score (nSPS) is 11.2. The molecule has 0 spiro atoms. The minimum absolute atomic E-state index is 0.0532. The van der Waals surface area contributed by atoms with Crippen molar-refractivity contribution in [3.8, 4) is 16.9 Å². The van der Waals surface area contributed by atoms with Crippen LogP contribution in [0.5, 0.6) is 0 Å². The number of nitrogens with zero attached hydrogens (tertiary/aromatic N) is 5. The first kappa shape index (κ1) is 22.9. The summed E-state index contributed by atoms with van der Waals surface area (Å²) in [6.07, 6.45) is 1.94. The van der Waals surface area contributed by atoms with Crippen molar-refractivity contribution >= 4 is 11.6 Å². The van der Waals surface area contributed by atoms with Gasteiger partial charge in [-0.05, 0) is 19.2 Å². The predicted octanol–water partition coefficient (Wildman–Crippen LogP) is 1.83. The molecule has 0 radical (unpaired) electrons. The van der Waals surface area contributed by atoms with E-state index in [0.717, 1.165) is 31.6 Å². The fourth-order valence-corrected chi connectivity index (χ4v) is 3.87. The van der Waals surface area contributed by atoms with Crippen molar-refractivity contribution in [3.05, 3.63) is 98.8 Å². The number of carbonyl (C=O) groups is 1. The van der Waals surface area contributed by atoms with Crippen molar-refractivity contribution in [2.45, 2.75) is 6.54 Å². The SMILES string of the molecule is CN(CC(=O)c1c(N)n(C)c(=O)n(C)c1=O)Cc1cn(-c2ccccc2)nc1-c1ccccc1.